The lowest BCUT2D eigenvalue weighted by molar-refractivity contribution is -0.137. The number of hydrogen-bond donors (Lipinski definition) is 1. The summed E-state index contributed by atoms with van der Waals surface area (Å²) in [7, 11) is 0. The highest BCUT2D eigenvalue weighted by Crippen LogP contribution is 2.29. The van der Waals surface area contributed by atoms with Crippen molar-refractivity contribution in [2.45, 2.75) is 45.5 Å². The predicted molar refractivity (Wildman–Crippen MR) is 137 cm³/mol. The quantitative estimate of drug-likeness (QED) is 0.326. The molecule has 0 saturated heterocycles. The van der Waals surface area contributed by atoms with Gasteiger partial charge in [0, 0.05) is 18.7 Å². The van der Waals surface area contributed by atoms with Gasteiger partial charge in [-0.15, -0.1) is 0 Å². The minimum atomic E-state index is -4.51. The molecule has 0 saturated carbocycles. The Morgan fingerprint density at radius 3 is 2.35 bits per heavy atom. The van der Waals surface area contributed by atoms with Crippen molar-refractivity contribution in [2.24, 2.45) is 0 Å². The van der Waals surface area contributed by atoms with Crippen molar-refractivity contribution in [2.75, 3.05) is 5.32 Å². The van der Waals surface area contributed by atoms with E-state index in [1.54, 1.807) is 24.3 Å². The molecule has 0 fully saturated rings. The highest BCUT2D eigenvalue weighted by atomic mass is 19.4. The number of nitrogens with one attached hydrogen (secondary N) is 1. The van der Waals surface area contributed by atoms with E-state index in [-0.39, 0.29) is 25.4 Å². The average molecular weight is 510 g/mol. The number of aryl methyl sites for hydroxylation is 1. The third-order valence-corrected chi connectivity index (χ3v) is 6.10. The van der Waals surface area contributed by atoms with E-state index in [0.29, 0.717) is 35.0 Å². The van der Waals surface area contributed by atoms with Gasteiger partial charge in [-0.1, -0.05) is 42.0 Å². The number of anilines is 1. The molecule has 1 amide bonds. The molecule has 4 aromatic rings. The Kier molecular flexibility index (Phi) is 7.61. The van der Waals surface area contributed by atoms with Crippen molar-refractivity contribution in [1.29, 1.82) is 0 Å². The number of alkyl halides is 3. The van der Waals surface area contributed by atoms with Gasteiger partial charge in [-0.05, 0) is 61.7 Å². The minimum absolute atomic E-state index is 0.0862. The summed E-state index contributed by atoms with van der Waals surface area (Å²) in [5, 5.41) is 3.11. The van der Waals surface area contributed by atoms with E-state index in [9.17, 15) is 27.6 Å². The molecule has 4 rings (SSSR count). The molecule has 0 aliphatic carbocycles. The first-order chi connectivity index (χ1) is 17.6. The summed E-state index contributed by atoms with van der Waals surface area (Å²) >= 11 is 0. The Bertz CT molecular complexity index is 1540. The lowest BCUT2D eigenvalue weighted by atomic mass is 10.1. The van der Waals surface area contributed by atoms with Gasteiger partial charge in [0.2, 0.25) is 5.91 Å². The molecule has 6 nitrogen and oxygen atoms in total. The normalized spacial score (nSPS) is 11.6. The molecule has 3 aromatic carbocycles. The number of rotatable bonds is 8. The van der Waals surface area contributed by atoms with Gasteiger partial charge in [-0.25, -0.2) is 4.79 Å². The first-order valence-electron chi connectivity index (χ1n) is 11.9. The van der Waals surface area contributed by atoms with Crippen LogP contribution in [0.15, 0.2) is 82.4 Å². The SMILES string of the molecule is Cc1ccc(NC(=O)CCCCn2c(=O)c3ccccc3n(Cc3cccc(C(F)(F)F)c3)c2=O)cc1. The van der Waals surface area contributed by atoms with Crippen LogP contribution >= 0.6 is 0 Å². The van der Waals surface area contributed by atoms with E-state index in [1.165, 1.54) is 16.7 Å². The maximum atomic E-state index is 13.3. The number of aromatic nitrogens is 2. The summed E-state index contributed by atoms with van der Waals surface area (Å²) in [5.74, 6) is -0.170. The van der Waals surface area contributed by atoms with Crippen molar-refractivity contribution in [1.82, 2.24) is 9.13 Å². The second-order valence-electron chi connectivity index (χ2n) is 8.91. The molecule has 0 aliphatic heterocycles. The molecule has 0 radical (unpaired) electrons. The number of amides is 1. The summed E-state index contributed by atoms with van der Waals surface area (Å²) in [5.41, 5.74) is 0.537. The first kappa shape index (κ1) is 25.9. The number of carbonyl (C=O) groups excluding carboxylic acids is 1. The molecular formula is C28H26F3N3O3. The summed E-state index contributed by atoms with van der Waals surface area (Å²) in [6.07, 6.45) is -3.44. The summed E-state index contributed by atoms with van der Waals surface area (Å²) in [6, 6.07) is 18.7. The Balaban J connectivity index is 1.52. The summed E-state index contributed by atoms with van der Waals surface area (Å²) in [6.45, 7) is 1.92. The summed E-state index contributed by atoms with van der Waals surface area (Å²) in [4.78, 5) is 38.6. The standard InChI is InChI=1S/C28H26F3N3O3/c1-19-12-14-22(15-13-19)32-25(35)11-4-5-16-33-26(36)23-9-2-3-10-24(23)34(27(33)37)18-20-7-6-8-21(17-20)28(29,30)31/h2-3,6-10,12-15,17H,4-5,11,16,18H2,1H3,(H,32,35). The van der Waals surface area contributed by atoms with Gasteiger partial charge in [-0.3, -0.25) is 18.7 Å². The topological polar surface area (TPSA) is 73.1 Å². The van der Waals surface area contributed by atoms with E-state index < -0.39 is 23.0 Å². The third kappa shape index (κ3) is 6.17. The van der Waals surface area contributed by atoms with E-state index in [2.05, 4.69) is 5.32 Å². The Morgan fingerprint density at radius 1 is 0.892 bits per heavy atom. The predicted octanol–water partition coefficient (Wildman–Crippen LogP) is 5.35. The number of halogens is 3. The summed E-state index contributed by atoms with van der Waals surface area (Å²) < 4.78 is 42.0. The van der Waals surface area contributed by atoms with Crippen LogP contribution in [-0.2, 0) is 24.1 Å². The Hall–Kier alpha value is -4.14. The average Bonchev–Trinajstić information content (AvgIpc) is 2.87. The van der Waals surface area contributed by atoms with Crippen LogP contribution in [0.25, 0.3) is 10.9 Å². The molecule has 37 heavy (non-hydrogen) atoms. The zero-order valence-corrected chi connectivity index (χ0v) is 20.2. The monoisotopic (exact) mass is 509 g/mol. The van der Waals surface area contributed by atoms with Crippen molar-refractivity contribution in [3.63, 3.8) is 0 Å². The van der Waals surface area contributed by atoms with Crippen LogP contribution in [0.1, 0.15) is 36.0 Å². The molecule has 0 unspecified atom stereocenters. The van der Waals surface area contributed by atoms with Gasteiger partial charge < -0.3 is 5.32 Å². The van der Waals surface area contributed by atoms with Gasteiger partial charge in [0.15, 0.2) is 0 Å². The first-order valence-corrected chi connectivity index (χ1v) is 11.9. The molecule has 0 aliphatic rings. The smallest absolute Gasteiger partial charge is 0.326 e. The molecule has 0 bridgehead atoms. The van der Waals surface area contributed by atoms with Crippen LogP contribution in [0.2, 0.25) is 0 Å². The molecule has 192 valence electrons. The zero-order valence-electron chi connectivity index (χ0n) is 20.2. The van der Waals surface area contributed by atoms with E-state index in [0.717, 1.165) is 22.3 Å². The molecular weight excluding hydrogens is 483 g/mol. The van der Waals surface area contributed by atoms with Crippen LogP contribution in [0.5, 0.6) is 0 Å². The van der Waals surface area contributed by atoms with Crippen LogP contribution in [0.3, 0.4) is 0 Å². The maximum absolute atomic E-state index is 13.3. The van der Waals surface area contributed by atoms with Crippen molar-refractivity contribution in [3.8, 4) is 0 Å². The van der Waals surface area contributed by atoms with Gasteiger partial charge in [0.1, 0.15) is 0 Å². The fourth-order valence-electron chi connectivity index (χ4n) is 4.17. The lowest BCUT2D eigenvalue weighted by Gasteiger charge is -2.15. The number of carbonyl (C=O) groups is 1. The van der Waals surface area contributed by atoms with Crippen LogP contribution < -0.4 is 16.6 Å². The van der Waals surface area contributed by atoms with Gasteiger partial charge in [-0.2, -0.15) is 13.2 Å². The highest BCUT2D eigenvalue weighted by molar-refractivity contribution is 5.90. The van der Waals surface area contributed by atoms with Crippen molar-refractivity contribution in [3.05, 3.63) is 110 Å². The maximum Gasteiger partial charge on any atom is 0.416 e. The van der Waals surface area contributed by atoms with E-state index >= 15 is 0 Å². The second-order valence-corrected chi connectivity index (χ2v) is 8.91. The number of para-hydroxylation sites is 1. The highest BCUT2D eigenvalue weighted by Gasteiger charge is 2.30. The molecule has 9 heteroatoms. The number of benzene rings is 3. The fourth-order valence-corrected chi connectivity index (χ4v) is 4.17. The molecule has 0 spiro atoms. The van der Waals surface area contributed by atoms with Gasteiger partial charge >= 0.3 is 11.9 Å². The molecule has 0 atom stereocenters. The molecule has 1 N–H and O–H groups in total. The number of unbranched alkanes of at least 4 members (excludes halogenated alkanes) is 1. The van der Waals surface area contributed by atoms with E-state index in [4.69, 9.17) is 0 Å². The zero-order chi connectivity index (χ0) is 26.6. The van der Waals surface area contributed by atoms with Crippen LogP contribution in [0, 0.1) is 6.92 Å². The van der Waals surface area contributed by atoms with Gasteiger partial charge in [0.25, 0.3) is 5.56 Å². The minimum Gasteiger partial charge on any atom is -0.326 e. The van der Waals surface area contributed by atoms with Gasteiger partial charge in [0.05, 0.1) is 23.0 Å². The van der Waals surface area contributed by atoms with E-state index in [1.807, 2.05) is 31.2 Å². The molecule has 1 aromatic heterocycles. The Labute approximate surface area is 211 Å². The van der Waals surface area contributed by atoms with Crippen molar-refractivity contribution >= 4 is 22.5 Å². The lowest BCUT2D eigenvalue weighted by Crippen LogP contribution is -2.40. The van der Waals surface area contributed by atoms with Crippen LogP contribution in [0.4, 0.5) is 18.9 Å². The number of fused-ring (bicyclic) bond motifs is 1. The third-order valence-electron chi connectivity index (χ3n) is 6.10. The molecule has 1 heterocycles. The largest absolute Gasteiger partial charge is 0.416 e. The number of hydrogen-bond acceptors (Lipinski definition) is 3. The second kappa shape index (κ2) is 10.9. The van der Waals surface area contributed by atoms with Crippen LogP contribution in [-0.4, -0.2) is 15.0 Å². The Morgan fingerprint density at radius 2 is 1.62 bits per heavy atom. The van der Waals surface area contributed by atoms with Crippen molar-refractivity contribution < 1.29 is 18.0 Å². The number of nitrogens with zero attached hydrogens (tertiary/aromatic N) is 2. The fraction of sp³-hybridized carbons (Fsp3) is 0.250.